The molecule has 2 aromatic carbocycles. The highest BCUT2D eigenvalue weighted by molar-refractivity contribution is 7.71. The molecule has 1 aliphatic heterocycles. The number of carbonyl (C=O) groups is 1. The van der Waals surface area contributed by atoms with E-state index in [4.69, 9.17) is 30.7 Å². The van der Waals surface area contributed by atoms with Gasteiger partial charge >= 0.3 is 13.7 Å². The molecule has 0 saturated carbocycles. The highest BCUT2D eigenvalue weighted by atomic mass is 32.1. The maximum absolute atomic E-state index is 14.0. The number of nitrogens with zero attached hydrogens (tertiary/aromatic N) is 1. The Labute approximate surface area is 229 Å². The molecule has 0 amide bonds. The van der Waals surface area contributed by atoms with E-state index >= 15 is 0 Å². The van der Waals surface area contributed by atoms with Crippen LogP contribution in [0, 0.1) is 4.77 Å². The first-order chi connectivity index (χ1) is 18.4. The van der Waals surface area contributed by atoms with E-state index in [1.165, 1.54) is 30.7 Å². The summed E-state index contributed by atoms with van der Waals surface area (Å²) in [6, 6.07) is 12.6. The summed E-state index contributed by atoms with van der Waals surface area (Å²) in [5.41, 5.74) is -2.31. The Morgan fingerprint density at radius 3 is 2.72 bits per heavy atom. The number of benzene rings is 2. The first kappa shape index (κ1) is 29.1. The van der Waals surface area contributed by atoms with Gasteiger partial charge in [-0.3, -0.25) is 23.7 Å². The lowest BCUT2D eigenvalue weighted by atomic mass is 9.96. The summed E-state index contributed by atoms with van der Waals surface area (Å²) in [5.74, 6) is -0.437. The topological polar surface area (TPSA) is 161 Å². The smallest absolute Gasteiger partial charge is 0.459 e. The molecule has 6 atom stereocenters. The van der Waals surface area contributed by atoms with E-state index < -0.39 is 56.0 Å². The van der Waals surface area contributed by atoms with E-state index in [9.17, 15) is 24.4 Å². The Morgan fingerprint density at radius 2 is 2.00 bits per heavy atom. The van der Waals surface area contributed by atoms with Gasteiger partial charge in [-0.15, -0.1) is 0 Å². The molecule has 39 heavy (non-hydrogen) atoms. The lowest BCUT2D eigenvalue weighted by Crippen LogP contribution is -2.45. The monoisotopic (exact) mass is 579 g/mol. The van der Waals surface area contributed by atoms with Crippen molar-refractivity contribution in [3.8, 4) is 5.75 Å². The molecule has 12 nitrogen and oxygen atoms in total. The van der Waals surface area contributed by atoms with Crippen molar-refractivity contribution in [1.29, 1.82) is 0 Å². The lowest BCUT2D eigenvalue weighted by Gasteiger charge is -2.28. The molecule has 4 rings (SSSR count). The third kappa shape index (κ3) is 6.30. The van der Waals surface area contributed by atoms with E-state index in [1.807, 2.05) is 18.2 Å². The number of aromatic nitrogens is 2. The molecule has 210 valence electrons. The quantitative estimate of drug-likeness (QED) is 0.159. The Balaban J connectivity index is 1.60. The highest BCUT2D eigenvalue weighted by Crippen LogP contribution is 2.48. The number of H-pyrrole nitrogens is 1. The minimum Gasteiger partial charge on any atom is -0.465 e. The first-order valence-corrected chi connectivity index (χ1v) is 14.1. The van der Waals surface area contributed by atoms with E-state index in [0.29, 0.717) is 5.39 Å². The molecule has 1 saturated heterocycles. The third-order valence-electron chi connectivity index (χ3n) is 6.23. The molecule has 2 heterocycles. The zero-order valence-electron chi connectivity index (χ0n) is 21.5. The van der Waals surface area contributed by atoms with Crippen LogP contribution < -0.4 is 15.2 Å². The van der Waals surface area contributed by atoms with Gasteiger partial charge in [-0.1, -0.05) is 36.4 Å². The number of aliphatic hydroxyl groups excluding tert-OH is 1. The van der Waals surface area contributed by atoms with Gasteiger partial charge in [0, 0.05) is 17.6 Å². The summed E-state index contributed by atoms with van der Waals surface area (Å²) in [6.45, 7) is 4.03. The second-order valence-corrected chi connectivity index (χ2v) is 11.3. The molecular weight excluding hydrogens is 549 g/mol. The summed E-state index contributed by atoms with van der Waals surface area (Å²) < 4.78 is 37.7. The van der Waals surface area contributed by atoms with Gasteiger partial charge in [0.15, 0.2) is 11.0 Å². The summed E-state index contributed by atoms with van der Waals surface area (Å²) >= 11 is 5.17. The standard InChI is InChI=1S/C25H30N3O9PS/c1-4-34-22(31)15(2)27-38(33,37-18-11-7-9-16-8-5-6-10-17(16)18)35-14-19-21(30)25(3,32)23(36-19)28-13-12-20(29)26-24(28)39/h5-13,15,19,21,23,30,32H,4,14H2,1-3H3,(H,27,33)(H,26,29,39)/t15-,19+,21?,23+,25+,38?/m0/s1. The summed E-state index contributed by atoms with van der Waals surface area (Å²) in [5, 5.41) is 26.0. The number of aromatic amines is 1. The molecule has 0 aliphatic carbocycles. The number of carbonyl (C=O) groups excluding carboxylic acids is 1. The molecule has 1 aromatic heterocycles. The van der Waals surface area contributed by atoms with Gasteiger partial charge in [0.2, 0.25) is 0 Å². The second-order valence-electron chi connectivity index (χ2n) is 9.18. The van der Waals surface area contributed by atoms with Crippen LogP contribution in [-0.2, 0) is 23.4 Å². The van der Waals surface area contributed by atoms with Crippen LogP contribution in [0.1, 0.15) is 27.0 Å². The van der Waals surface area contributed by atoms with Gasteiger partial charge in [0.25, 0.3) is 5.56 Å². The number of hydrogen-bond acceptors (Lipinski definition) is 10. The molecule has 0 bridgehead atoms. The molecule has 0 spiro atoms. The van der Waals surface area contributed by atoms with Crippen molar-refractivity contribution >= 4 is 36.7 Å². The fourth-order valence-electron chi connectivity index (χ4n) is 4.21. The van der Waals surface area contributed by atoms with Crippen LogP contribution in [-0.4, -0.2) is 62.8 Å². The number of rotatable bonds is 10. The van der Waals surface area contributed by atoms with E-state index in [2.05, 4.69) is 10.1 Å². The number of ether oxygens (including phenoxy) is 2. The molecule has 1 fully saturated rings. The Morgan fingerprint density at radius 1 is 1.28 bits per heavy atom. The Bertz CT molecular complexity index is 1500. The van der Waals surface area contributed by atoms with Crippen LogP contribution in [0.2, 0.25) is 0 Å². The average Bonchev–Trinajstić information content (AvgIpc) is 3.11. The van der Waals surface area contributed by atoms with Crippen molar-refractivity contribution in [2.24, 2.45) is 0 Å². The number of fused-ring (bicyclic) bond motifs is 1. The predicted molar refractivity (Wildman–Crippen MR) is 144 cm³/mol. The predicted octanol–water partition coefficient (Wildman–Crippen LogP) is 2.81. The summed E-state index contributed by atoms with van der Waals surface area (Å²) in [7, 11) is -4.31. The van der Waals surface area contributed by atoms with Gasteiger partial charge in [-0.2, -0.15) is 5.09 Å². The fourth-order valence-corrected chi connectivity index (χ4v) is 5.99. The molecule has 1 aliphatic rings. The number of hydrogen-bond donors (Lipinski definition) is 4. The van der Waals surface area contributed by atoms with Crippen LogP contribution in [0.4, 0.5) is 0 Å². The van der Waals surface area contributed by atoms with Crippen molar-refractivity contribution < 1.29 is 38.1 Å². The van der Waals surface area contributed by atoms with Crippen LogP contribution in [0.5, 0.6) is 5.75 Å². The Hall–Kier alpha value is -2.90. The van der Waals surface area contributed by atoms with E-state index in [-0.39, 0.29) is 17.1 Å². The van der Waals surface area contributed by atoms with Crippen molar-refractivity contribution in [2.75, 3.05) is 13.2 Å². The molecule has 3 aromatic rings. The third-order valence-corrected chi connectivity index (χ3v) is 8.17. The minimum absolute atomic E-state index is 0.0311. The summed E-state index contributed by atoms with van der Waals surface area (Å²) in [6.07, 6.45) is -2.57. The average molecular weight is 580 g/mol. The van der Waals surface area contributed by atoms with Crippen molar-refractivity contribution in [3.05, 3.63) is 69.9 Å². The zero-order chi connectivity index (χ0) is 28.4. The normalized spacial score (nSPS) is 25.2. The van der Waals surface area contributed by atoms with Gasteiger partial charge in [-0.25, -0.2) is 4.57 Å². The number of esters is 1. The number of aliphatic hydroxyl groups is 2. The van der Waals surface area contributed by atoms with Crippen LogP contribution in [0.25, 0.3) is 10.8 Å². The molecule has 14 heteroatoms. The highest BCUT2D eigenvalue weighted by Gasteiger charge is 2.54. The molecule has 0 radical (unpaired) electrons. The molecule has 2 unspecified atom stereocenters. The van der Waals surface area contributed by atoms with E-state index in [1.54, 1.807) is 31.2 Å². The fraction of sp³-hybridized carbons (Fsp3) is 0.400. The van der Waals surface area contributed by atoms with Crippen molar-refractivity contribution in [1.82, 2.24) is 14.6 Å². The lowest BCUT2D eigenvalue weighted by molar-refractivity contribution is -0.144. The Kier molecular flexibility index (Phi) is 8.72. The van der Waals surface area contributed by atoms with Crippen molar-refractivity contribution in [2.45, 2.75) is 50.8 Å². The molecule has 4 N–H and O–H groups in total. The van der Waals surface area contributed by atoms with Gasteiger partial charge in [0.05, 0.1) is 13.2 Å². The number of nitrogens with one attached hydrogen (secondary N) is 2. The second kappa shape index (κ2) is 11.7. The summed E-state index contributed by atoms with van der Waals surface area (Å²) in [4.78, 5) is 26.3. The first-order valence-electron chi connectivity index (χ1n) is 12.2. The van der Waals surface area contributed by atoms with Gasteiger partial charge < -0.3 is 24.2 Å². The molecular formula is C25H30N3O9PS. The van der Waals surface area contributed by atoms with Crippen molar-refractivity contribution in [3.63, 3.8) is 0 Å². The maximum atomic E-state index is 14.0. The van der Waals surface area contributed by atoms with E-state index in [0.717, 1.165) is 5.39 Å². The van der Waals surface area contributed by atoms with Crippen LogP contribution in [0.15, 0.2) is 59.5 Å². The zero-order valence-corrected chi connectivity index (χ0v) is 23.2. The largest absolute Gasteiger partial charge is 0.465 e. The van der Waals surface area contributed by atoms with Gasteiger partial charge in [-0.05, 0) is 44.4 Å². The SMILES string of the molecule is CCOC(=O)[C@H](C)NP(=O)(OC[C@H]1O[C@@H](n2ccc(=O)[nH]c2=S)[C@](C)(O)C1O)Oc1cccc2ccccc12. The van der Waals surface area contributed by atoms with Crippen LogP contribution in [0.3, 0.4) is 0 Å². The van der Waals surface area contributed by atoms with Crippen LogP contribution >= 0.6 is 20.0 Å². The van der Waals surface area contributed by atoms with Gasteiger partial charge in [0.1, 0.15) is 29.6 Å². The maximum Gasteiger partial charge on any atom is 0.459 e. The minimum atomic E-state index is -4.31.